The van der Waals surface area contributed by atoms with E-state index in [2.05, 4.69) is 46.7 Å². The Morgan fingerprint density at radius 2 is 2.24 bits per heavy atom. The molecular weight excluding hydrogens is 330 g/mol. The molecule has 4 nitrogen and oxygen atoms in total. The second-order valence-electron chi connectivity index (χ2n) is 5.69. The van der Waals surface area contributed by atoms with Crippen molar-refractivity contribution in [3.8, 4) is 0 Å². The number of ether oxygens (including phenoxy) is 1. The molecular formula is C16H28BrN3O. The van der Waals surface area contributed by atoms with Gasteiger partial charge in [0.05, 0.1) is 22.0 Å². The molecule has 0 aromatic carbocycles. The molecule has 1 aromatic rings. The van der Waals surface area contributed by atoms with Crippen LogP contribution >= 0.6 is 15.9 Å². The number of halogens is 1. The van der Waals surface area contributed by atoms with Crippen molar-refractivity contribution in [3.05, 3.63) is 15.9 Å². The van der Waals surface area contributed by atoms with Crippen LogP contribution in [0.25, 0.3) is 0 Å². The Balaban J connectivity index is 2.16. The average Bonchev–Trinajstić information content (AvgIpc) is 3.12. The molecule has 2 unspecified atom stereocenters. The van der Waals surface area contributed by atoms with Gasteiger partial charge in [0.1, 0.15) is 0 Å². The normalized spacial score (nSPS) is 20.1. The molecule has 0 spiro atoms. The maximum Gasteiger partial charge on any atom is 0.0766 e. The van der Waals surface area contributed by atoms with Crippen LogP contribution in [0.4, 0.5) is 0 Å². The summed E-state index contributed by atoms with van der Waals surface area (Å²) in [6, 6.07) is 0.385. The highest BCUT2D eigenvalue weighted by Crippen LogP contribution is 2.26. The SMILES string of the molecule is CCCNC(Cc1c(Br)c(CC)nn1CC)C1CCCO1. The lowest BCUT2D eigenvalue weighted by Crippen LogP contribution is -2.42. The molecule has 5 heteroatoms. The lowest BCUT2D eigenvalue weighted by atomic mass is 10.0. The molecule has 120 valence electrons. The monoisotopic (exact) mass is 357 g/mol. The van der Waals surface area contributed by atoms with E-state index in [0.717, 1.165) is 44.7 Å². The number of hydrogen-bond donors (Lipinski definition) is 1. The zero-order valence-corrected chi connectivity index (χ0v) is 15.1. The fourth-order valence-corrected chi connectivity index (χ4v) is 3.73. The smallest absolute Gasteiger partial charge is 0.0766 e. The van der Waals surface area contributed by atoms with Crippen molar-refractivity contribution in [2.24, 2.45) is 0 Å². The zero-order chi connectivity index (χ0) is 15.2. The largest absolute Gasteiger partial charge is 0.377 e. The molecule has 0 saturated carbocycles. The Morgan fingerprint density at radius 1 is 1.43 bits per heavy atom. The molecule has 0 bridgehead atoms. The third-order valence-corrected chi connectivity index (χ3v) is 5.09. The molecule has 1 N–H and O–H groups in total. The van der Waals surface area contributed by atoms with E-state index < -0.39 is 0 Å². The Labute approximate surface area is 136 Å². The molecule has 0 radical (unpaired) electrons. The number of nitrogens with zero attached hydrogens (tertiary/aromatic N) is 2. The molecule has 1 saturated heterocycles. The van der Waals surface area contributed by atoms with Crippen LogP contribution in [0.15, 0.2) is 4.47 Å². The summed E-state index contributed by atoms with van der Waals surface area (Å²) in [5, 5.41) is 8.39. The van der Waals surface area contributed by atoms with Crippen LogP contribution in [-0.4, -0.2) is 35.1 Å². The molecule has 2 heterocycles. The van der Waals surface area contributed by atoms with E-state index >= 15 is 0 Å². The summed E-state index contributed by atoms with van der Waals surface area (Å²) in [5.41, 5.74) is 2.46. The van der Waals surface area contributed by atoms with Crippen molar-refractivity contribution in [3.63, 3.8) is 0 Å². The van der Waals surface area contributed by atoms with Crippen molar-refractivity contribution in [1.82, 2.24) is 15.1 Å². The average molecular weight is 358 g/mol. The lowest BCUT2D eigenvalue weighted by molar-refractivity contribution is 0.0777. The number of hydrogen-bond acceptors (Lipinski definition) is 3. The van der Waals surface area contributed by atoms with Gasteiger partial charge >= 0.3 is 0 Å². The summed E-state index contributed by atoms with van der Waals surface area (Å²) in [6.07, 6.45) is 5.79. The maximum absolute atomic E-state index is 5.92. The van der Waals surface area contributed by atoms with Crippen LogP contribution < -0.4 is 5.32 Å². The molecule has 1 fully saturated rings. The molecule has 2 atom stereocenters. The van der Waals surface area contributed by atoms with Gasteiger partial charge in [0, 0.05) is 25.6 Å². The lowest BCUT2D eigenvalue weighted by Gasteiger charge is -2.24. The predicted octanol–water partition coefficient (Wildman–Crippen LogP) is 3.32. The van der Waals surface area contributed by atoms with Crippen LogP contribution in [0.2, 0.25) is 0 Å². The third-order valence-electron chi connectivity index (χ3n) is 4.18. The molecule has 1 aliphatic heterocycles. The number of nitrogens with one attached hydrogen (secondary N) is 1. The summed E-state index contributed by atoms with van der Waals surface area (Å²) < 4.78 is 9.25. The summed E-state index contributed by atoms with van der Waals surface area (Å²) in [7, 11) is 0. The van der Waals surface area contributed by atoms with Gasteiger partial charge in [-0.05, 0) is 55.1 Å². The van der Waals surface area contributed by atoms with Gasteiger partial charge in [-0.1, -0.05) is 13.8 Å². The predicted molar refractivity (Wildman–Crippen MR) is 89.7 cm³/mol. The highest BCUT2D eigenvalue weighted by atomic mass is 79.9. The van der Waals surface area contributed by atoms with Crippen LogP contribution in [-0.2, 0) is 24.1 Å². The van der Waals surface area contributed by atoms with Gasteiger partial charge in [0.2, 0.25) is 0 Å². The molecule has 1 aliphatic rings. The molecule has 1 aromatic heterocycles. The summed E-state index contributed by atoms with van der Waals surface area (Å²) in [5.74, 6) is 0. The number of aryl methyl sites for hydroxylation is 2. The minimum absolute atomic E-state index is 0.341. The van der Waals surface area contributed by atoms with Crippen molar-refractivity contribution in [1.29, 1.82) is 0 Å². The topological polar surface area (TPSA) is 39.1 Å². The van der Waals surface area contributed by atoms with Crippen LogP contribution in [0.3, 0.4) is 0 Å². The van der Waals surface area contributed by atoms with Gasteiger partial charge in [-0.25, -0.2) is 0 Å². The van der Waals surface area contributed by atoms with Gasteiger partial charge in [-0.3, -0.25) is 4.68 Å². The van der Waals surface area contributed by atoms with Crippen molar-refractivity contribution in [2.45, 2.75) is 71.6 Å². The van der Waals surface area contributed by atoms with E-state index in [9.17, 15) is 0 Å². The summed E-state index contributed by atoms with van der Waals surface area (Å²) in [4.78, 5) is 0. The Bertz CT molecular complexity index is 441. The number of aromatic nitrogens is 2. The van der Waals surface area contributed by atoms with Crippen LogP contribution in [0.5, 0.6) is 0 Å². The van der Waals surface area contributed by atoms with Crippen molar-refractivity contribution in [2.75, 3.05) is 13.2 Å². The van der Waals surface area contributed by atoms with Crippen molar-refractivity contribution >= 4 is 15.9 Å². The first-order chi connectivity index (χ1) is 10.2. The van der Waals surface area contributed by atoms with Crippen molar-refractivity contribution < 1.29 is 4.74 Å². The minimum atomic E-state index is 0.341. The standard InChI is InChI=1S/C16H28BrN3O/c1-4-9-18-13(15-8-7-10-21-15)11-14-16(17)12(5-2)19-20(14)6-3/h13,15,18H,4-11H2,1-3H3. The van der Waals surface area contributed by atoms with Gasteiger partial charge in [0.25, 0.3) is 0 Å². The maximum atomic E-state index is 5.92. The van der Waals surface area contributed by atoms with Crippen LogP contribution in [0, 0.1) is 0 Å². The number of rotatable bonds is 8. The quantitative estimate of drug-likeness (QED) is 0.775. The molecule has 2 rings (SSSR count). The van der Waals surface area contributed by atoms with E-state index in [4.69, 9.17) is 9.84 Å². The molecule has 0 amide bonds. The fourth-order valence-electron chi connectivity index (χ4n) is 3.01. The Morgan fingerprint density at radius 3 is 2.81 bits per heavy atom. The van der Waals surface area contributed by atoms with Crippen LogP contribution in [0.1, 0.15) is 51.4 Å². The first kappa shape index (κ1) is 17.0. The highest BCUT2D eigenvalue weighted by molar-refractivity contribution is 9.10. The van der Waals surface area contributed by atoms with Gasteiger partial charge in [0.15, 0.2) is 0 Å². The van der Waals surface area contributed by atoms with E-state index in [1.807, 2.05) is 0 Å². The van der Waals surface area contributed by atoms with E-state index in [1.165, 1.54) is 23.0 Å². The second kappa shape index (κ2) is 8.30. The second-order valence-corrected chi connectivity index (χ2v) is 6.49. The van der Waals surface area contributed by atoms with Gasteiger partial charge in [-0.15, -0.1) is 0 Å². The summed E-state index contributed by atoms with van der Waals surface area (Å²) in [6.45, 7) is 9.39. The summed E-state index contributed by atoms with van der Waals surface area (Å²) >= 11 is 3.76. The zero-order valence-electron chi connectivity index (χ0n) is 13.5. The Kier molecular flexibility index (Phi) is 6.71. The molecule has 0 aliphatic carbocycles. The highest BCUT2D eigenvalue weighted by Gasteiger charge is 2.28. The fraction of sp³-hybridized carbons (Fsp3) is 0.812. The van der Waals surface area contributed by atoms with E-state index in [-0.39, 0.29) is 0 Å². The van der Waals surface area contributed by atoms with Gasteiger partial charge < -0.3 is 10.1 Å². The minimum Gasteiger partial charge on any atom is -0.377 e. The van der Waals surface area contributed by atoms with Gasteiger partial charge in [-0.2, -0.15) is 5.10 Å². The Hall–Kier alpha value is -0.390. The van der Waals surface area contributed by atoms with E-state index in [0.29, 0.717) is 12.1 Å². The first-order valence-corrected chi connectivity index (χ1v) is 9.09. The third kappa shape index (κ3) is 4.08. The first-order valence-electron chi connectivity index (χ1n) is 8.30. The van der Waals surface area contributed by atoms with E-state index in [1.54, 1.807) is 0 Å². The molecule has 21 heavy (non-hydrogen) atoms.